The Morgan fingerprint density at radius 3 is 2.79 bits per heavy atom. The summed E-state index contributed by atoms with van der Waals surface area (Å²) in [6.07, 6.45) is 1.10. The van der Waals surface area contributed by atoms with Gasteiger partial charge >= 0.3 is 0 Å². The number of anilines is 1. The smallest absolute Gasteiger partial charge is 0.250 e. The zero-order valence-electron chi connectivity index (χ0n) is 16.7. The summed E-state index contributed by atoms with van der Waals surface area (Å²) in [7, 11) is 0. The molecule has 0 saturated carbocycles. The fourth-order valence-electron chi connectivity index (χ4n) is 4.28. The van der Waals surface area contributed by atoms with Crippen LogP contribution in [0.15, 0.2) is 41.2 Å². The van der Waals surface area contributed by atoms with Crippen LogP contribution in [-0.2, 0) is 11.3 Å². The largest absolute Gasteiger partial charge is 0.356 e. The van der Waals surface area contributed by atoms with Gasteiger partial charge in [-0.05, 0) is 55.5 Å². The first kappa shape index (κ1) is 20.2. The molecule has 1 aromatic heterocycles. The molecule has 2 aliphatic heterocycles. The Labute approximate surface area is 180 Å². The van der Waals surface area contributed by atoms with Gasteiger partial charge in [-0.25, -0.2) is 0 Å². The molecule has 2 atom stereocenters. The van der Waals surface area contributed by atoms with Crippen LogP contribution in [0.5, 0.6) is 0 Å². The van der Waals surface area contributed by atoms with E-state index in [1.54, 1.807) is 6.07 Å². The number of thiocarbonyl (C=S) groups is 1. The van der Waals surface area contributed by atoms with Gasteiger partial charge in [0, 0.05) is 43.0 Å². The van der Waals surface area contributed by atoms with Crippen LogP contribution < -0.4 is 10.9 Å². The lowest BCUT2D eigenvalue weighted by Gasteiger charge is -2.43. The molecule has 2 bridgehead atoms. The predicted octanol–water partition coefficient (Wildman–Crippen LogP) is 3.54. The number of piperidine rings is 1. The first-order valence-corrected chi connectivity index (χ1v) is 11.3. The number of hydrogen-bond acceptors (Lipinski definition) is 4. The fraction of sp³-hybridized carbons (Fsp3) is 0.409. The van der Waals surface area contributed by atoms with E-state index in [1.165, 1.54) is 17.3 Å². The average molecular weight is 428 g/mol. The highest BCUT2D eigenvalue weighted by Crippen LogP contribution is 2.36. The first-order valence-electron chi connectivity index (χ1n) is 9.89. The van der Waals surface area contributed by atoms with Crippen LogP contribution in [0.1, 0.15) is 29.2 Å². The van der Waals surface area contributed by atoms with Crippen molar-refractivity contribution in [3.8, 4) is 0 Å². The zero-order chi connectivity index (χ0) is 20.5. The highest BCUT2D eigenvalue weighted by molar-refractivity contribution is 8.23. The second kappa shape index (κ2) is 8.32. The average Bonchev–Trinajstić information content (AvgIpc) is 2.69. The Bertz CT molecular complexity index is 1020. The number of carbonyl (C=O) groups excluding carboxylic acids is 1. The van der Waals surface area contributed by atoms with Gasteiger partial charge in [0.1, 0.15) is 4.32 Å². The van der Waals surface area contributed by atoms with E-state index in [2.05, 4.69) is 23.2 Å². The lowest BCUT2D eigenvalue weighted by molar-refractivity contribution is -0.113. The minimum Gasteiger partial charge on any atom is -0.356 e. The molecule has 2 aliphatic rings. The second-order valence-electron chi connectivity index (χ2n) is 8.00. The Hall–Kier alpha value is -2.12. The fourth-order valence-corrected chi connectivity index (χ4v) is 5.26. The summed E-state index contributed by atoms with van der Waals surface area (Å²) in [6.45, 7) is 6.50. The topological polar surface area (TPSA) is 54.3 Å². The molecule has 0 radical (unpaired) electrons. The highest BCUT2D eigenvalue weighted by atomic mass is 32.2. The number of pyridine rings is 1. The number of hydrogen-bond donors (Lipinski definition) is 1. The van der Waals surface area contributed by atoms with Crippen LogP contribution in [0.4, 0.5) is 5.69 Å². The van der Waals surface area contributed by atoms with Crippen molar-refractivity contribution in [1.29, 1.82) is 0 Å². The molecule has 1 fully saturated rings. The van der Waals surface area contributed by atoms with Crippen LogP contribution in [0.2, 0.25) is 0 Å². The van der Waals surface area contributed by atoms with E-state index in [4.69, 9.17) is 12.2 Å². The molecule has 0 spiro atoms. The van der Waals surface area contributed by atoms with Gasteiger partial charge in [-0.1, -0.05) is 36.1 Å². The van der Waals surface area contributed by atoms with Gasteiger partial charge in [-0.15, -0.1) is 0 Å². The molecule has 1 amide bonds. The summed E-state index contributed by atoms with van der Waals surface area (Å²) in [6, 6.07) is 11.5. The van der Waals surface area contributed by atoms with E-state index in [1.807, 2.05) is 35.8 Å². The van der Waals surface area contributed by atoms with E-state index >= 15 is 0 Å². The van der Waals surface area contributed by atoms with Gasteiger partial charge in [0.05, 0.1) is 5.75 Å². The van der Waals surface area contributed by atoms with Gasteiger partial charge in [0.25, 0.3) is 5.56 Å². The van der Waals surface area contributed by atoms with E-state index < -0.39 is 0 Å². The first-order chi connectivity index (χ1) is 13.9. The van der Waals surface area contributed by atoms with Crippen molar-refractivity contribution in [3.63, 3.8) is 0 Å². The van der Waals surface area contributed by atoms with Crippen LogP contribution in [0.25, 0.3) is 0 Å². The second-order valence-corrected chi connectivity index (χ2v) is 9.61. The number of nitrogens with zero attached hydrogens (tertiary/aromatic N) is 2. The Balaban J connectivity index is 1.34. The van der Waals surface area contributed by atoms with Crippen LogP contribution >= 0.6 is 24.0 Å². The zero-order valence-corrected chi connectivity index (χ0v) is 18.3. The summed E-state index contributed by atoms with van der Waals surface area (Å²) >= 11 is 7.06. The molecule has 1 saturated heterocycles. The molecule has 4 rings (SSSR count). The van der Waals surface area contributed by atoms with Crippen molar-refractivity contribution >= 4 is 39.9 Å². The molecule has 7 heteroatoms. The lowest BCUT2D eigenvalue weighted by Crippen LogP contribution is -2.48. The quantitative estimate of drug-likeness (QED) is 0.760. The molecule has 0 aliphatic carbocycles. The van der Waals surface area contributed by atoms with E-state index in [0.717, 1.165) is 47.3 Å². The summed E-state index contributed by atoms with van der Waals surface area (Å²) in [5, 5.41) is 2.95. The number of aryl methyl sites for hydroxylation is 2. The number of aromatic nitrogens is 1. The van der Waals surface area contributed by atoms with Gasteiger partial charge in [0.15, 0.2) is 0 Å². The summed E-state index contributed by atoms with van der Waals surface area (Å²) in [5.41, 5.74) is 4.38. The Morgan fingerprint density at radius 2 is 2.00 bits per heavy atom. The summed E-state index contributed by atoms with van der Waals surface area (Å²) in [5.74, 6) is 0.992. The molecule has 3 heterocycles. The lowest BCUT2D eigenvalue weighted by atomic mass is 9.83. The van der Waals surface area contributed by atoms with Crippen LogP contribution in [0.3, 0.4) is 0 Å². The van der Waals surface area contributed by atoms with Crippen LogP contribution in [-0.4, -0.2) is 38.5 Å². The molecule has 1 aromatic carbocycles. The molecule has 5 nitrogen and oxygen atoms in total. The molecule has 29 heavy (non-hydrogen) atoms. The highest BCUT2D eigenvalue weighted by Gasteiger charge is 2.35. The molecule has 1 N–H and O–H groups in total. The van der Waals surface area contributed by atoms with Gasteiger partial charge in [-0.3, -0.25) is 9.59 Å². The van der Waals surface area contributed by atoms with E-state index in [-0.39, 0.29) is 11.5 Å². The van der Waals surface area contributed by atoms with E-state index in [0.29, 0.717) is 17.6 Å². The van der Waals surface area contributed by atoms with E-state index in [9.17, 15) is 9.59 Å². The number of benzene rings is 1. The third kappa shape index (κ3) is 4.41. The Kier molecular flexibility index (Phi) is 5.79. The minimum absolute atomic E-state index is 0.0466. The van der Waals surface area contributed by atoms with Crippen molar-refractivity contribution in [2.45, 2.75) is 32.7 Å². The SMILES string of the molecule is Cc1ccc(NC(=O)CSC(=S)N2C[C@H]3C[C@H](C2)c2cccc(=O)n2C3)cc1C. The standard InChI is InChI=1S/C22H25N3O2S2/c1-14-6-7-18(8-15(14)2)23-20(26)13-29-22(28)24-10-16-9-17(12-24)19-4-3-5-21(27)25(19)11-16/h3-8,16-17H,9-13H2,1-2H3,(H,23,26)/t16-,17-/m1/s1. The van der Waals surface area contributed by atoms with Crippen molar-refractivity contribution in [1.82, 2.24) is 9.47 Å². The number of amides is 1. The maximum atomic E-state index is 12.3. The molecular formula is C22H25N3O2S2. The Morgan fingerprint density at radius 1 is 1.17 bits per heavy atom. The molecule has 152 valence electrons. The number of rotatable bonds is 3. The van der Waals surface area contributed by atoms with Gasteiger partial charge < -0.3 is 14.8 Å². The van der Waals surface area contributed by atoms with Crippen molar-refractivity contribution < 1.29 is 4.79 Å². The minimum atomic E-state index is -0.0466. The third-order valence-electron chi connectivity index (χ3n) is 5.86. The monoisotopic (exact) mass is 427 g/mol. The third-order valence-corrected chi connectivity index (χ3v) is 7.38. The predicted molar refractivity (Wildman–Crippen MR) is 123 cm³/mol. The van der Waals surface area contributed by atoms with Crippen LogP contribution in [0, 0.1) is 19.8 Å². The summed E-state index contributed by atoms with van der Waals surface area (Å²) < 4.78 is 2.69. The maximum Gasteiger partial charge on any atom is 0.250 e. The number of carbonyl (C=O) groups is 1. The number of likely N-dealkylation sites (tertiary alicyclic amines) is 1. The number of thioether (sulfide) groups is 1. The van der Waals surface area contributed by atoms with Crippen molar-refractivity contribution in [3.05, 3.63) is 63.6 Å². The summed E-state index contributed by atoms with van der Waals surface area (Å²) in [4.78, 5) is 26.7. The molecule has 0 unspecified atom stereocenters. The van der Waals surface area contributed by atoms with Gasteiger partial charge in [-0.2, -0.15) is 0 Å². The maximum absolute atomic E-state index is 12.3. The molecule has 2 aromatic rings. The number of fused-ring (bicyclic) bond motifs is 4. The van der Waals surface area contributed by atoms with Crippen molar-refractivity contribution in [2.75, 3.05) is 24.2 Å². The van der Waals surface area contributed by atoms with Crippen molar-refractivity contribution in [2.24, 2.45) is 5.92 Å². The normalized spacial score (nSPS) is 20.1. The molecular weight excluding hydrogens is 402 g/mol. The van der Waals surface area contributed by atoms with Gasteiger partial charge in [0.2, 0.25) is 5.91 Å². The number of nitrogens with one attached hydrogen (secondary N) is 1.